The van der Waals surface area contributed by atoms with Crippen LogP contribution in [0.5, 0.6) is 0 Å². The highest BCUT2D eigenvalue weighted by Gasteiger charge is 2.53. The third-order valence-electron chi connectivity index (χ3n) is 6.44. The molecule has 162 valence electrons. The van der Waals surface area contributed by atoms with Crippen molar-refractivity contribution in [2.75, 3.05) is 13.1 Å². The van der Waals surface area contributed by atoms with Crippen molar-refractivity contribution in [1.29, 1.82) is 0 Å². The zero-order chi connectivity index (χ0) is 21.2. The van der Waals surface area contributed by atoms with Gasteiger partial charge < -0.3 is 10.4 Å². The Morgan fingerprint density at radius 3 is 2.50 bits per heavy atom. The Morgan fingerprint density at radius 2 is 1.90 bits per heavy atom. The van der Waals surface area contributed by atoms with E-state index in [1.807, 2.05) is 6.07 Å². The van der Waals surface area contributed by atoms with Gasteiger partial charge in [-0.25, -0.2) is 8.78 Å². The molecule has 1 saturated carbocycles. The van der Waals surface area contributed by atoms with Gasteiger partial charge in [0.2, 0.25) is 5.92 Å². The smallest absolute Gasteiger partial charge is 0.257 e. The molecule has 1 unspecified atom stereocenters. The molecular weight excluding hydrogens is 406 g/mol. The van der Waals surface area contributed by atoms with Crippen LogP contribution in [0.25, 0.3) is 0 Å². The van der Waals surface area contributed by atoms with E-state index in [2.05, 4.69) is 21.7 Å². The molecule has 30 heavy (non-hydrogen) atoms. The molecule has 4 nitrogen and oxygen atoms in total. The predicted octanol–water partition coefficient (Wildman–Crippen LogP) is 4.15. The number of thiophene rings is 1. The number of halogens is 2. The number of likely N-dealkylation sites (tertiary alicyclic amines) is 1. The van der Waals surface area contributed by atoms with Crippen molar-refractivity contribution >= 4 is 17.2 Å². The van der Waals surface area contributed by atoms with Crippen LogP contribution in [0, 0.1) is 5.92 Å². The number of piperidine rings is 1. The normalized spacial score (nSPS) is 24.4. The van der Waals surface area contributed by atoms with Gasteiger partial charge in [-0.15, -0.1) is 11.3 Å². The molecule has 1 aromatic heterocycles. The predicted molar refractivity (Wildman–Crippen MR) is 113 cm³/mol. The second-order valence-corrected chi connectivity index (χ2v) is 9.56. The molecule has 4 rings (SSSR count). The summed E-state index contributed by atoms with van der Waals surface area (Å²) in [6, 6.07) is 12.6. The lowest BCUT2D eigenvalue weighted by molar-refractivity contribution is -0.149. The van der Waals surface area contributed by atoms with E-state index in [0.717, 1.165) is 32.5 Å². The summed E-state index contributed by atoms with van der Waals surface area (Å²) in [6.45, 7) is 2.62. The topological polar surface area (TPSA) is 52.6 Å². The molecule has 1 aliphatic heterocycles. The molecule has 2 aliphatic rings. The van der Waals surface area contributed by atoms with Gasteiger partial charge >= 0.3 is 0 Å². The Morgan fingerprint density at radius 1 is 1.17 bits per heavy atom. The van der Waals surface area contributed by atoms with Gasteiger partial charge in [0.15, 0.2) is 5.60 Å². The molecule has 0 radical (unpaired) electrons. The van der Waals surface area contributed by atoms with E-state index in [9.17, 15) is 18.7 Å². The summed E-state index contributed by atoms with van der Waals surface area (Å²) in [6.07, 6.45) is 0.933. The van der Waals surface area contributed by atoms with Crippen LogP contribution in [0.2, 0.25) is 0 Å². The third kappa shape index (κ3) is 4.58. The maximum Gasteiger partial charge on any atom is 0.257 e. The van der Waals surface area contributed by atoms with E-state index in [1.165, 1.54) is 4.88 Å². The number of hydrogen-bond donors (Lipinski definition) is 2. The first-order valence-electron chi connectivity index (χ1n) is 10.6. The zero-order valence-electron chi connectivity index (χ0n) is 16.9. The third-order valence-corrected chi connectivity index (χ3v) is 7.30. The molecule has 1 saturated heterocycles. The molecule has 7 heteroatoms. The van der Waals surface area contributed by atoms with E-state index in [1.54, 1.807) is 41.7 Å². The number of benzene rings is 1. The first-order valence-corrected chi connectivity index (χ1v) is 11.5. The van der Waals surface area contributed by atoms with Gasteiger partial charge in [-0.3, -0.25) is 9.69 Å². The maximum absolute atomic E-state index is 13.9. The van der Waals surface area contributed by atoms with Crippen molar-refractivity contribution in [2.45, 2.75) is 56.2 Å². The summed E-state index contributed by atoms with van der Waals surface area (Å²) >= 11 is 1.74. The number of nitrogens with one attached hydrogen (secondary N) is 1. The first kappa shape index (κ1) is 21.4. The lowest BCUT2D eigenvalue weighted by atomic mass is 9.79. The fourth-order valence-corrected chi connectivity index (χ4v) is 5.45. The number of amides is 1. The van der Waals surface area contributed by atoms with Gasteiger partial charge in [0.1, 0.15) is 0 Å². The Hall–Kier alpha value is -1.83. The summed E-state index contributed by atoms with van der Waals surface area (Å²) in [5, 5.41) is 16.5. The van der Waals surface area contributed by atoms with E-state index in [4.69, 9.17) is 0 Å². The molecular formula is C23H28F2N2O2S. The number of carbonyl (C=O) groups is 1. The van der Waals surface area contributed by atoms with Crippen molar-refractivity contribution in [2.24, 2.45) is 5.92 Å². The van der Waals surface area contributed by atoms with Crippen LogP contribution in [0.4, 0.5) is 8.78 Å². The van der Waals surface area contributed by atoms with Crippen LogP contribution in [-0.4, -0.2) is 41.0 Å². The Labute approximate surface area is 179 Å². The summed E-state index contributed by atoms with van der Waals surface area (Å²) in [7, 11) is 0. The maximum atomic E-state index is 13.9. The van der Waals surface area contributed by atoms with E-state index in [-0.39, 0.29) is 18.9 Å². The van der Waals surface area contributed by atoms with Gasteiger partial charge in [0.25, 0.3) is 5.91 Å². The van der Waals surface area contributed by atoms with Crippen LogP contribution in [0.15, 0.2) is 47.8 Å². The molecule has 0 bridgehead atoms. The Balaban J connectivity index is 1.43. The number of carbonyl (C=O) groups excluding carboxylic acids is 1. The van der Waals surface area contributed by atoms with Crippen molar-refractivity contribution in [3.05, 3.63) is 58.3 Å². The van der Waals surface area contributed by atoms with Crippen LogP contribution in [-0.2, 0) is 16.9 Å². The summed E-state index contributed by atoms with van der Waals surface area (Å²) < 4.78 is 27.8. The highest BCUT2D eigenvalue weighted by Crippen LogP contribution is 2.47. The second kappa shape index (κ2) is 8.73. The highest BCUT2D eigenvalue weighted by molar-refractivity contribution is 7.09. The Kier molecular flexibility index (Phi) is 6.23. The minimum absolute atomic E-state index is 0.0609. The summed E-state index contributed by atoms with van der Waals surface area (Å²) in [4.78, 5) is 16.9. The van der Waals surface area contributed by atoms with Crippen LogP contribution in [0.1, 0.15) is 42.5 Å². The molecule has 2 aromatic rings. The molecule has 2 fully saturated rings. The Bertz CT molecular complexity index is 838. The average molecular weight is 435 g/mol. The fourth-order valence-electron chi connectivity index (χ4n) is 4.70. The molecule has 1 amide bonds. The molecule has 2 N–H and O–H groups in total. The number of nitrogens with zero attached hydrogens (tertiary/aromatic N) is 1. The van der Waals surface area contributed by atoms with Crippen molar-refractivity contribution in [3.63, 3.8) is 0 Å². The van der Waals surface area contributed by atoms with Crippen molar-refractivity contribution < 1.29 is 18.7 Å². The van der Waals surface area contributed by atoms with Crippen molar-refractivity contribution in [3.8, 4) is 0 Å². The standard InChI is InChI=1S/C23H28F2N2O2S/c24-22(25)11-8-18(15-22)23(29,17-5-2-1-3-6-17)21(28)26-19-9-12-27(13-10-19)16-20-7-4-14-30-20/h1-7,14,18-19,29H,8-13,15-16H2,(H,26,28)/t18-,23?/m1/s1. The summed E-state index contributed by atoms with van der Waals surface area (Å²) in [5.74, 6) is -4.18. The lowest BCUT2D eigenvalue weighted by Gasteiger charge is -2.37. The van der Waals surface area contributed by atoms with E-state index in [0.29, 0.717) is 5.56 Å². The van der Waals surface area contributed by atoms with Crippen LogP contribution >= 0.6 is 11.3 Å². The second-order valence-electron chi connectivity index (χ2n) is 8.53. The van der Waals surface area contributed by atoms with Gasteiger partial charge in [0, 0.05) is 49.3 Å². The number of rotatable bonds is 6. The number of alkyl halides is 2. The minimum atomic E-state index is -2.83. The van der Waals surface area contributed by atoms with E-state index >= 15 is 0 Å². The van der Waals surface area contributed by atoms with E-state index < -0.39 is 29.8 Å². The fraction of sp³-hybridized carbons (Fsp3) is 0.522. The summed E-state index contributed by atoms with van der Waals surface area (Å²) in [5.41, 5.74) is -1.55. The quantitative estimate of drug-likeness (QED) is 0.718. The van der Waals surface area contributed by atoms with Gasteiger partial charge in [-0.1, -0.05) is 36.4 Å². The molecule has 0 spiro atoms. The minimum Gasteiger partial charge on any atom is -0.375 e. The van der Waals surface area contributed by atoms with Gasteiger partial charge in [-0.05, 0) is 36.3 Å². The molecule has 1 aromatic carbocycles. The van der Waals surface area contributed by atoms with Crippen LogP contribution in [0.3, 0.4) is 0 Å². The van der Waals surface area contributed by atoms with Crippen molar-refractivity contribution in [1.82, 2.24) is 10.2 Å². The zero-order valence-corrected chi connectivity index (χ0v) is 17.7. The van der Waals surface area contributed by atoms with Gasteiger partial charge in [0.05, 0.1) is 0 Å². The SMILES string of the molecule is O=C(NC1CCN(Cc2cccs2)CC1)C(O)(c1ccccc1)[C@@H]1CCC(F)(F)C1. The molecule has 2 atom stereocenters. The highest BCUT2D eigenvalue weighted by atomic mass is 32.1. The van der Waals surface area contributed by atoms with Gasteiger partial charge in [-0.2, -0.15) is 0 Å². The average Bonchev–Trinajstić information content (AvgIpc) is 3.38. The number of hydrogen-bond acceptors (Lipinski definition) is 4. The number of aliphatic hydroxyl groups is 1. The first-order chi connectivity index (χ1) is 14.4. The molecule has 1 aliphatic carbocycles. The molecule has 2 heterocycles. The van der Waals surface area contributed by atoms with Crippen LogP contribution < -0.4 is 5.32 Å². The largest absolute Gasteiger partial charge is 0.375 e. The lowest BCUT2D eigenvalue weighted by Crippen LogP contribution is -2.54. The monoisotopic (exact) mass is 434 g/mol.